The van der Waals surface area contributed by atoms with E-state index in [1.807, 2.05) is 0 Å². The van der Waals surface area contributed by atoms with Crippen molar-refractivity contribution in [1.29, 1.82) is 0 Å². The van der Waals surface area contributed by atoms with Crippen molar-refractivity contribution in [1.82, 2.24) is 0 Å². The molecule has 0 fully saturated rings. The van der Waals surface area contributed by atoms with Crippen LogP contribution in [0.15, 0.2) is 24.3 Å². The SMILES string of the molecule is Nc1ccccc1N(CCO)S(=O)(=O)CCCC(F)(F)F. The second-order valence-corrected chi connectivity index (χ2v) is 6.40. The predicted molar refractivity (Wildman–Crippen MR) is 74.4 cm³/mol. The van der Waals surface area contributed by atoms with Crippen LogP contribution in [0.2, 0.25) is 0 Å². The van der Waals surface area contributed by atoms with E-state index >= 15 is 0 Å². The molecule has 1 rings (SSSR count). The molecule has 0 radical (unpaired) electrons. The summed E-state index contributed by atoms with van der Waals surface area (Å²) in [5, 5.41) is 8.98. The van der Waals surface area contributed by atoms with Gasteiger partial charge in [-0.15, -0.1) is 0 Å². The number of hydrogen-bond donors (Lipinski definition) is 2. The van der Waals surface area contributed by atoms with Gasteiger partial charge in [-0.1, -0.05) is 12.1 Å². The zero-order valence-corrected chi connectivity index (χ0v) is 12.0. The number of benzene rings is 1. The first-order valence-electron chi connectivity index (χ1n) is 6.20. The number of halogens is 3. The lowest BCUT2D eigenvalue weighted by Gasteiger charge is -2.25. The van der Waals surface area contributed by atoms with Crippen LogP contribution in [-0.2, 0) is 10.0 Å². The van der Waals surface area contributed by atoms with E-state index in [1.54, 1.807) is 12.1 Å². The molecule has 0 unspecified atom stereocenters. The molecule has 0 atom stereocenters. The van der Waals surface area contributed by atoms with Crippen molar-refractivity contribution in [3.63, 3.8) is 0 Å². The van der Waals surface area contributed by atoms with Crippen LogP contribution in [0.4, 0.5) is 24.5 Å². The summed E-state index contributed by atoms with van der Waals surface area (Å²) >= 11 is 0. The molecule has 9 heteroatoms. The predicted octanol–water partition coefficient (Wildman–Crippen LogP) is 1.74. The number of aliphatic hydroxyl groups excluding tert-OH is 1. The average Bonchev–Trinajstić information content (AvgIpc) is 2.35. The maximum absolute atomic E-state index is 12.2. The van der Waals surface area contributed by atoms with E-state index in [0.29, 0.717) is 0 Å². The summed E-state index contributed by atoms with van der Waals surface area (Å²) in [5.74, 6) is -0.666. The van der Waals surface area contributed by atoms with Gasteiger partial charge in [-0.2, -0.15) is 13.2 Å². The Labute approximate surface area is 121 Å². The molecule has 0 aliphatic heterocycles. The lowest BCUT2D eigenvalue weighted by molar-refractivity contribution is -0.134. The van der Waals surface area contributed by atoms with Crippen molar-refractivity contribution in [2.75, 3.05) is 28.9 Å². The third-order valence-electron chi connectivity index (χ3n) is 2.71. The highest BCUT2D eigenvalue weighted by Gasteiger charge is 2.29. The van der Waals surface area contributed by atoms with Crippen molar-refractivity contribution in [2.45, 2.75) is 19.0 Å². The Morgan fingerprint density at radius 3 is 2.38 bits per heavy atom. The summed E-state index contributed by atoms with van der Waals surface area (Å²) in [4.78, 5) is 0. The van der Waals surface area contributed by atoms with Crippen molar-refractivity contribution >= 4 is 21.4 Å². The molecule has 1 aromatic rings. The maximum atomic E-state index is 12.2. The van der Waals surface area contributed by atoms with Crippen LogP contribution in [-0.4, -0.2) is 38.6 Å². The molecular formula is C12H17F3N2O3S. The third kappa shape index (κ3) is 5.43. The number of aliphatic hydroxyl groups is 1. The van der Waals surface area contributed by atoms with Gasteiger partial charge in [-0.05, 0) is 18.6 Å². The van der Waals surface area contributed by atoms with Gasteiger partial charge in [0.1, 0.15) is 0 Å². The topological polar surface area (TPSA) is 83.6 Å². The van der Waals surface area contributed by atoms with Gasteiger partial charge in [0.2, 0.25) is 10.0 Å². The minimum atomic E-state index is -4.40. The zero-order valence-electron chi connectivity index (χ0n) is 11.2. The third-order valence-corrected chi connectivity index (χ3v) is 4.56. The molecule has 0 aromatic heterocycles. The molecule has 0 amide bonds. The molecule has 5 nitrogen and oxygen atoms in total. The molecule has 0 aliphatic carbocycles. The number of anilines is 2. The van der Waals surface area contributed by atoms with Gasteiger partial charge in [0.15, 0.2) is 0 Å². The molecule has 0 aliphatic rings. The molecule has 3 N–H and O–H groups in total. The summed E-state index contributed by atoms with van der Waals surface area (Å²) in [6.45, 7) is -0.727. The summed E-state index contributed by atoms with van der Waals surface area (Å²) in [7, 11) is -3.99. The highest BCUT2D eigenvalue weighted by atomic mass is 32.2. The zero-order chi connectivity index (χ0) is 16.1. The molecule has 1 aromatic carbocycles. The number of nitrogens with zero attached hydrogens (tertiary/aromatic N) is 1. The Bertz CT molecular complexity index is 561. The molecule has 0 saturated heterocycles. The minimum absolute atomic E-state index is 0.151. The summed E-state index contributed by atoms with van der Waals surface area (Å²) in [5.41, 5.74) is 6.00. The van der Waals surface area contributed by atoms with E-state index in [0.717, 1.165) is 4.31 Å². The Balaban J connectivity index is 2.91. The number of nitrogens with two attached hydrogens (primary N) is 1. The van der Waals surface area contributed by atoms with Crippen molar-refractivity contribution in [3.8, 4) is 0 Å². The number of nitrogen functional groups attached to an aromatic ring is 1. The summed E-state index contributed by atoms with van der Waals surface area (Å²) in [6.07, 6.45) is -6.12. The Kier molecular flexibility index (Phi) is 5.85. The fourth-order valence-corrected chi connectivity index (χ4v) is 3.34. The first kappa shape index (κ1) is 17.6. The lowest BCUT2D eigenvalue weighted by atomic mass is 10.3. The lowest BCUT2D eigenvalue weighted by Crippen LogP contribution is -2.36. The normalized spacial score (nSPS) is 12.4. The second kappa shape index (κ2) is 6.99. The molecule has 0 heterocycles. The van der Waals surface area contributed by atoms with Gasteiger partial charge >= 0.3 is 6.18 Å². The van der Waals surface area contributed by atoms with Crippen LogP contribution in [0, 0.1) is 0 Å². The quantitative estimate of drug-likeness (QED) is 0.748. The number of sulfonamides is 1. The van der Waals surface area contributed by atoms with E-state index in [9.17, 15) is 21.6 Å². The molecular weight excluding hydrogens is 309 g/mol. The van der Waals surface area contributed by atoms with Gasteiger partial charge < -0.3 is 10.8 Å². The van der Waals surface area contributed by atoms with E-state index in [-0.39, 0.29) is 17.9 Å². The summed E-state index contributed by atoms with van der Waals surface area (Å²) in [6, 6.07) is 6.07. The van der Waals surface area contributed by atoms with E-state index in [1.165, 1.54) is 12.1 Å². The van der Waals surface area contributed by atoms with E-state index in [4.69, 9.17) is 10.8 Å². The maximum Gasteiger partial charge on any atom is 0.389 e. The van der Waals surface area contributed by atoms with Crippen molar-refractivity contribution in [3.05, 3.63) is 24.3 Å². The molecule has 0 spiro atoms. The van der Waals surface area contributed by atoms with Gasteiger partial charge in [0, 0.05) is 6.42 Å². The molecule has 120 valence electrons. The van der Waals surface area contributed by atoms with Gasteiger partial charge in [-0.25, -0.2) is 8.42 Å². The average molecular weight is 326 g/mol. The first-order chi connectivity index (χ1) is 9.67. The van der Waals surface area contributed by atoms with Gasteiger partial charge in [-0.3, -0.25) is 4.31 Å². The fraction of sp³-hybridized carbons (Fsp3) is 0.500. The minimum Gasteiger partial charge on any atom is -0.397 e. The first-order valence-corrected chi connectivity index (χ1v) is 7.81. The summed E-state index contributed by atoms with van der Waals surface area (Å²) < 4.78 is 61.4. The number of rotatable bonds is 7. The smallest absolute Gasteiger partial charge is 0.389 e. The standard InChI is InChI=1S/C12H17F3N2O3S/c13-12(14,15)6-3-9-21(19,20)17(7-8-18)11-5-2-1-4-10(11)16/h1-2,4-5,18H,3,6-9,16H2. The van der Waals surface area contributed by atoms with E-state index in [2.05, 4.69) is 0 Å². The fourth-order valence-electron chi connectivity index (χ4n) is 1.78. The number of hydrogen-bond acceptors (Lipinski definition) is 4. The highest BCUT2D eigenvalue weighted by molar-refractivity contribution is 7.92. The monoisotopic (exact) mass is 326 g/mol. The second-order valence-electron chi connectivity index (χ2n) is 4.39. The van der Waals surface area contributed by atoms with Crippen LogP contribution in [0.5, 0.6) is 0 Å². The van der Waals surface area contributed by atoms with Crippen LogP contribution < -0.4 is 10.0 Å². The van der Waals surface area contributed by atoms with Crippen LogP contribution in [0.1, 0.15) is 12.8 Å². The molecule has 0 saturated carbocycles. The Morgan fingerprint density at radius 1 is 1.24 bits per heavy atom. The molecule has 0 bridgehead atoms. The Morgan fingerprint density at radius 2 is 1.86 bits per heavy atom. The van der Waals surface area contributed by atoms with Gasteiger partial charge in [0.05, 0.1) is 30.3 Å². The Hall–Kier alpha value is -1.48. The van der Waals surface area contributed by atoms with Crippen molar-refractivity contribution < 1.29 is 26.7 Å². The van der Waals surface area contributed by atoms with Crippen LogP contribution >= 0.6 is 0 Å². The largest absolute Gasteiger partial charge is 0.397 e. The number of alkyl halides is 3. The van der Waals surface area contributed by atoms with Crippen LogP contribution in [0.3, 0.4) is 0 Å². The van der Waals surface area contributed by atoms with Crippen molar-refractivity contribution in [2.24, 2.45) is 0 Å². The molecule has 21 heavy (non-hydrogen) atoms. The van der Waals surface area contributed by atoms with E-state index < -0.39 is 41.4 Å². The van der Waals surface area contributed by atoms with Crippen LogP contribution in [0.25, 0.3) is 0 Å². The highest BCUT2D eigenvalue weighted by Crippen LogP contribution is 2.27. The van der Waals surface area contributed by atoms with Gasteiger partial charge in [0.25, 0.3) is 0 Å². The number of para-hydroxylation sites is 2.